The van der Waals surface area contributed by atoms with Crippen LogP contribution in [0.4, 0.5) is 0 Å². The molecule has 0 aliphatic carbocycles. The Hall–Kier alpha value is -2.17. The molecule has 0 radical (unpaired) electrons. The van der Waals surface area contributed by atoms with Crippen LogP contribution in [0.15, 0.2) is 30.3 Å². The first kappa shape index (κ1) is 15.9. The summed E-state index contributed by atoms with van der Waals surface area (Å²) >= 11 is 0. The Kier molecular flexibility index (Phi) is 5.43. The van der Waals surface area contributed by atoms with E-state index in [0.29, 0.717) is 5.56 Å². The lowest BCUT2D eigenvalue weighted by molar-refractivity contribution is -0.131. The van der Waals surface area contributed by atoms with Crippen LogP contribution in [0.5, 0.6) is 0 Å². The minimum Gasteiger partial charge on any atom is -0.478 e. The number of sulfonamides is 1. The number of nitriles is 1. The summed E-state index contributed by atoms with van der Waals surface area (Å²) < 4.78 is 24.3. The molecule has 1 rings (SSSR count). The number of carbonyl (C=O) groups is 1. The molecular formula is C13H14N2O4S. The first-order valence-corrected chi connectivity index (χ1v) is 7.27. The monoisotopic (exact) mass is 294 g/mol. The smallest absolute Gasteiger partial charge is 0.328 e. The Labute approximate surface area is 117 Å². The van der Waals surface area contributed by atoms with Crippen molar-refractivity contribution < 1.29 is 18.3 Å². The molecule has 1 N–H and O–H groups in total. The van der Waals surface area contributed by atoms with Gasteiger partial charge < -0.3 is 5.11 Å². The second-order valence-electron chi connectivity index (χ2n) is 4.08. The van der Waals surface area contributed by atoms with E-state index in [1.54, 1.807) is 30.3 Å². The van der Waals surface area contributed by atoms with E-state index in [9.17, 15) is 13.2 Å². The highest BCUT2D eigenvalue weighted by atomic mass is 32.2. The zero-order valence-corrected chi connectivity index (χ0v) is 11.7. The van der Waals surface area contributed by atoms with Crippen LogP contribution in [0, 0.1) is 11.3 Å². The number of hydrogen-bond donors (Lipinski definition) is 1. The van der Waals surface area contributed by atoms with Gasteiger partial charge in [-0.15, -0.1) is 0 Å². The highest BCUT2D eigenvalue weighted by Crippen LogP contribution is 2.10. The molecule has 6 nitrogen and oxygen atoms in total. The number of rotatable bonds is 6. The Bertz CT molecular complexity index is 642. The molecule has 0 saturated carbocycles. The number of nitrogens with zero attached hydrogens (tertiary/aromatic N) is 2. The predicted molar refractivity (Wildman–Crippen MR) is 74.0 cm³/mol. The number of carboxylic acids is 1. The fourth-order valence-electron chi connectivity index (χ4n) is 1.45. The van der Waals surface area contributed by atoms with Crippen LogP contribution in [0.25, 0.3) is 6.08 Å². The lowest BCUT2D eigenvalue weighted by atomic mass is 10.1. The van der Waals surface area contributed by atoms with Crippen LogP contribution in [0.1, 0.15) is 11.1 Å². The van der Waals surface area contributed by atoms with Gasteiger partial charge in [-0.05, 0) is 17.2 Å². The summed E-state index contributed by atoms with van der Waals surface area (Å²) in [6, 6.07) is 8.42. The van der Waals surface area contributed by atoms with Gasteiger partial charge in [-0.1, -0.05) is 24.3 Å². The van der Waals surface area contributed by atoms with E-state index in [4.69, 9.17) is 10.4 Å². The summed E-state index contributed by atoms with van der Waals surface area (Å²) in [5.41, 5.74) is 1.46. The predicted octanol–water partition coefficient (Wildman–Crippen LogP) is 1.07. The van der Waals surface area contributed by atoms with E-state index in [1.165, 1.54) is 13.1 Å². The van der Waals surface area contributed by atoms with Gasteiger partial charge >= 0.3 is 5.97 Å². The van der Waals surface area contributed by atoms with E-state index >= 15 is 0 Å². The van der Waals surface area contributed by atoms with Crippen molar-refractivity contribution >= 4 is 22.1 Å². The third-order valence-corrected chi connectivity index (χ3v) is 4.10. The first-order valence-electron chi connectivity index (χ1n) is 5.66. The molecule has 0 spiro atoms. The maximum atomic E-state index is 11.6. The molecule has 20 heavy (non-hydrogen) atoms. The summed E-state index contributed by atoms with van der Waals surface area (Å²) in [7, 11) is -2.15. The van der Waals surface area contributed by atoms with Gasteiger partial charge in [-0.25, -0.2) is 13.2 Å². The minimum atomic E-state index is -3.56. The molecular weight excluding hydrogens is 280 g/mol. The van der Waals surface area contributed by atoms with Crippen LogP contribution in [0.3, 0.4) is 0 Å². The molecule has 0 saturated heterocycles. The molecule has 0 bridgehead atoms. The zero-order valence-electron chi connectivity index (χ0n) is 10.9. The average molecular weight is 294 g/mol. The third-order valence-electron chi connectivity index (χ3n) is 2.53. The number of carboxylic acid groups (broad SMARTS) is 1. The Morgan fingerprint density at radius 1 is 1.40 bits per heavy atom. The molecule has 0 aromatic heterocycles. The Balaban J connectivity index is 2.76. The van der Waals surface area contributed by atoms with Crippen LogP contribution in [-0.2, 0) is 21.4 Å². The zero-order chi connectivity index (χ0) is 15.2. The highest BCUT2D eigenvalue weighted by molar-refractivity contribution is 7.89. The van der Waals surface area contributed by atoms with Gasteiger partial charge in [0.25, 0.3) is 0 Å². The van der Waals surface area contributed by atoms with E-state index < -0.39 is 21.7 Å². The maximum absolute atomic E-state index is 11.6. The summed E-state index contributed by atoms with van der Waals surface area (Å²) in [4.78, 5) is 10.4. The second kappa shape index (κ2) is 6.84. The van der Waals surface area contributed by atoms with E-state index in [2.05, 4.69) is 0 Å². The van der Waals surface area contributed by atoms with Crippen molar-refractivity contribution in [2.24, 2.45) is 0 Å². The molecule has 0 unspecified atom stereocenters. The van der Waals surface area contributed by atoms with Crippen molar-refractivity contribution in [3.8, 4) is 6.07 Å². The van der Waals surface area contributed by atoms with Gasteiger partial charge in [0.15, 0.2) is 5.75 Å². The fraction of sp³-hybridized carbons (Fsp3) is 0.231. The van der Waals surface area contributed by atoms with Crippen LogP contribution in [-0.4, -0.2) is 36.6 Å². The van der Waals surface area contributed by atoms with Crippen LogP contribution >= 0.6 is 0 Å². The molecule has 0 heterocycles. The molecule has 0 atom stereocenters. The first-order chi connectivity index (χ1) is 9.35. The number of aliphatic carboxylic acids is 1. The quantitative estimate of drug-likeness (QED) is 0.791. The second-order valence-corrected chi connectivity index (χ2v) is 6.16. The maximum Gasteiger partial charge on any atom is 0.328 e. The summed E-state index contributed by atoms with van der Waals surface area (Å²) in [6.45, 7) is 0.160. The van der Waals surface area contributed by atoms with Crippen molar-refractivity contribution in [1.82, 2.24) is 4.31 Å². The van der Waals surface area contributed by atoms with Gasteiger partial charge in [0.05, 0.1) is 6.07 Å². The van der Waals surface area contributed by atoms with E-state index in [1.807, 2.05) is 0 Å². The third kappa shape index (κ3) is 4.84. The number of hydrogen-bond acceptors (Lipinski definition) is 4. The standard InChI is InChI=1S/C13H14N2O4S/c1-15(20(18,19)9-8-14)10-12-4-2-11(3-5-12)6-7-13(16)17/h2-7H,9-10H2,1H3,(H,16,17). The Morgan fingerprint density at radius 2 is 2.00 bits per heavy atom. The largest absolute Gasteiger partial charge is 0.478 e. The van der Waals surface area contributed by atoms with E-state index in [0.717, 1.165) is 15.9 Å². The molecule has 0 aliphatic rings. The molecule has 0 amide bonds. The van der Waals surface area contributed by atoms with Gasteiger partial charge in [0.2, 0.25) is 10.0 Å². The van der Waals surface area contributed by atoms with E-state index in [-0.39, 0.29) is 6.54 Å². The fourth-order valence-corrected chi connectivity index (χ4v) is 2.18. The summed E-state index contributed by atoms with van der Waals surface area (Å²) in [5.74, 6) is -1.58. The molecule has 7 heteroatoms. The van der Waals surface area contributed by atoms with Gasteiger partial charge in [-0.2, -0.15) is 9.57 Å². The molecule has 0 aliphatic heterocycles. The van der Waals surface area contributed by atoms with Crippen molar-refractivity contribution in [1.29, 1.82) is 5.26 Å². The molecule has 1 aromatic rings. The van der Waals surface area contributed by atoms with Gasteiger partial charge in [-0.3, -0.25) is 0 Å². The Morgan fingerprint density at radius 3 is 2.50 bits per heavy atom. The van der Waals surface area contributed by atoms with Crippen molar-refractivity contribution in [2.75, 3.05) is 12.8 Å². The molecule has 1 aromatic carbocycles. The van der Waals surface area contributed by atoms with Gasteiger partial charge in [0.1, 0.15) is 0 Å². The SMILES string of the molecule is CN(Cc1ccc(C=CC(=O)O)cc1)S(=O)(=O)CC#N. The van der Waals surface area contributed by atoms with Gasteiger partial charge in [0, 0.05) is 19.7 Å². The summed E-state index contributed by atoms with van der Waals surface area (Å²) in [5, 5.41) is 16.9. The van der Waals surface area contributed by atoms with Crippen molar-refractivity contribution in [3.05, 3.63) is 41.5 Å². The normalized spacial score (nSPS) is 11.7. The minimum absolute atomic E-state index is 0.160. The average Bonchev–Trinajstić information content (AvgIpc) is 2.37. The highest BCUT2D eigenvalue weighted by Gasteiger charge is 2.17. The number of benzene rings is 1. The lowest BCUT2D eigenvalue weighted by Gasteiger charge is -2.15. The topological polar surface area (TPSA) is 98.5 Å². The van der Waals surface area contributed by atoms with Crippen LogP contribution in [0.2, 0.25) is 0 Å². The van der Waals surface area contributed by atoms with Crippen LogP contribution < -0.4 is 0 Å². The summed E-state index contributed by atoms with van der Waals surface area (Å²) in [6.07, 6.45) is 2.47. The van der Waals surface area contributed by atoms with Crippen molar-refractivity contribution in [3.63, 3.8) is 0 Å². The molecule has 106 valence electrons. The van der Waals surface area contributed by atoms with Crippen molar-refractivity contribution in [2.45, 2.75) is 6.54 Å². The lowest BCUT2D eigenvalue weighted by Crippen LogP contribution is -2.28. The molecule has 0 fully saturated rings.